The van der Waals surface area contributed by atoms with Crippen LogP contribution in [0.25, 0.3) is 11.6 Å². The van der Waals surface area contributed by atoms with Crippen molar-refractivity contribution in [3.63, 3.8) is 0 Å². The van der Waals surface area contributed by atoms with Crippen LogP contribution in [0.3, 0.4) is 0 Å². The molecule has 0 aliphatic carbocycles. The summed E-state index contributed by atoms with van der Waals surface area (Å²) in [6, 6.07) is 12.6. The van der Waals surface area contributed by atoms with Crippen LogP contribution in [0, 0.1) is 18.3 Å². The van der Waals surface area contributed by atoms with Crippen molar-refractivity contribution in [1.29, 1.82) is 5.26 Å². The summed E-state index contributed by atoms with van der Waals surface area (Å²) in [4.78, 5) is 11.0. The molecule has 0 saturated carbocycles. The van der Waals surface area contributed by atoms with Gasteiger partial charge in [-0.3, -0.25) is 0 Å². The molecule has 0 aromatic heterocycles. The molecule has 0 aliphatic rings. The molecule has 0 spiro atoms. The van der Waals surface area contributed by atoms with Gasteiger partial charge in [-0.2, -0.15) is 5.26 Å². The average Bonchev–Trinajstić information content (AvgIpc) is 2.61. The molecule has 0 saturated heterocycles. The number of hydrogen-bond acceptors (Lipinski definition) is 3. The highest BCUT2D eigenvalue weighted by Gasteiger charge is 2.12. The number of aryl methyl sites for hydroxylation is 1. The Kier molecular flexibility index (Phi) is 6.19. The third-order valence-corrected chi connectivity index (χ3v) is 4.18. The number of allylic oxidation sites excluding steroid dienone is 1. The van der Waals surface area contributed by atoms with Crippen molar-refractivity contribution in [3.8, 4) is 11.8 Å². The Bertz CT molecular complexity index is 871. The first-order valence-corrected chi connectivity index (χ1v) is 8.60. The standard InChI is InChI=1S/C22H23NO3/c1-5-26-21-10-15(4)18(12-20(21)14(2)3)11-19(13-23)16-6-8-17(9-7-16)22(24)25/h6-12,14H,5H2,1-4H3,(H,24,25)/b19-11+. The summed E-state index contributed by atoms with van der Waals surface area (Å²) in [6.07, 6.45) is 1.84. The lowest BCUT2D eigenvalue weighted by Crippen LogP contribution is -2.00. The van der Waals surface area contributed by atoms with Crippen molar-refractivity contribution in [2.45, 2.75) is 33.6 Å². The van der Waals surface area contributed by atoms with E-state index in [9.17, 15) is 10.1 Å². The van der Waals surface area contributed by atoms with E-state index in [4.69, 9.17) is 9.84 Å². The fourth-order valence-corrected chi connectivity index (χ4v) is 2.73. The lowest BCUT2D eigenvalue weighted by molar-refractivity contribution is 0.0697. The Hall–Kier alpha value is -3.06. The normalized spacial score (nSPS) is 11.3. The van der Waals surface area contributed by atoms with E-state index in [0.29, 0.717) is 23.7 Å². The van der Waals surface area contributed by atoms with Gasteiger partial charge < -0.3 is 9.84 Å². The second-order valence-electron chi connectivity index (χ2n) is 6.39. The van der Waals surface area contributed by atoms with E-state index in [1.165, 1.54) is 12.1 Å². The third kappa shape index (κ3) is 4.31. The number of rotatable bonds is 6. The van der Waals surface area contributed by atoms with Crippen LogP contribution >= 0.6 is 0 Å². The molecule has 2 rings (SSSR count). The predicted octanol–water partition coefficient (Wildman–Crippen LogP) is 5.28. The molecule has 0 heterocycles. The van der Waals surface area contributed by atoms with Crippen LogP contribution in [0.5, 0.6) is 5.75 Å². The number of benzene rings is 2. The molecule has 134 valence electrons. The highest BCUT2D eigenvalue weighted by molar-refractivity contribution is 5.92. The summed E-state index contributed by atoms with van der Waals surface area (Å²) in [7, 11) is 0. The van der Waals surface area contributed by atoms with Crippen molar-refractivity contribution in [3.05, 3.63) is 64.2 Å². The minimum atomic E-state index is -0.983. The summed E-state index contributed by atoms with van der Waals surface area (Å²) in [5, 5.41) is 18.6. The molecule has 0 aliphatic heterocycles. The van der Waals surface area contributed by atoms with E-state index in [1.807, 2.05) is 26.0 Å². The fraction of sp³-hybridized carbons (Fsp3) is 0.273. The van der Waals surface area contributed by atoms with Crippen LogP contribution in [0.4, 0.5) is 0 Å². The lowest BCUT2D eigenvalue weighted by Gasteiger charge is -2.16. The molecule has 0 unspecified atom stereocenters. The van der Waals surface area contributed by atoms with Crippen LogP contribution in [-0.4, -0.2) is 17.7 Å². The molecular weight excluding hydrogens is 326 g/mol. The monoisotopic (exact) mass is 349 g/mol. The number of carboxylic acid groups (broad SMARTS) is 1. The summed E-state index contributed by atoms with van der Waals surface area (Å²) in [5.74, 6) is 0.189. The van der Waals surface area contributed by atoms with Crippen molar-refractivity contribution in [2.75, 3.05) is 6.61 Å². The number of aromatic carboxylic acids is 1. The average molecular weight is 349 g/mol. The van der Waals surface area contributed by atoms with Crippen LogP contribution in [0.15, 0.2) is 36.4 Å². The van der Waals surface area contributed by atoms with E-state index in [1.54, 1.807) is 12.1 Å². The SMILES string of the molecule is CCOc1cc(C)c(/C=C(\C#N)c2ccc(C(=O)O)cc2)cc1C(C)C. The Labute approximate surface area is 154 Å². The first-order valence-electron chi connectivity index (χ1n) is 8.60. The third-order valence-electron chi connectivity index (χ3n) is 4.18. The molecule has 0 atom stereocenters. The Morgan fingerprint density at radius 2 is 1.85 bits per heavy atom. The largest absolute Gasteiger partial charge is 0.494 e. The van der Waals surface area contributed by atoms with Crippen molar-refractivity contribution in [2.24, 2.45) is 0 Å². The summed E-state index contributed by atoms with van der Waals surface area (Å²) < 4.78 is 5.74. The van der Waals surface area contributed by atoms with Gasteiger partial charge in [0.25, 0.3) is 0 Å². The van der Waals surface area contributed by atoms with Gasteiger partial charge in [-0.25, -0.2) is 4.79 Å². The summed E-state index contributed by atoms with van der Waals surface area (Å²) >= 11 is 0. The molecule has 1 N–H and O–H groups in total. The highest BCUT2D eigenvalue weighted by Crippen LogP contribution is 2.31. The molecule has 4 nitrogen and oxygen atoms in total. The molecule has 0 bridgehead atoms. The number of hydrogen-bond donors (Lipinski definition) is 1. The maximum absolute atomic E-state index is 11.0. The molecule has 2 aromatic carbocycles. The molecule has 0 radical (unpaired) electrons. The van der Waals surface area contributed by atoms with E-state index in [0.717, 1.165) is 22.4 Å². The highest BCUT2D eigenvalue weighted by atomic mass is 16.5. The predicted molar refractivity (Wildman–Crippen MR) is 103 cm³/mol. The minimum Gasteiger partial charge on any atom is -0.494 e. The Balaban J connectivity index is 2.50. The maximum Gasteiger partial charge on any atom is 0.335 e. The first-order chi connectivity index (χ1) is 12.4. The number of nitriles is 1. The second-order valence-corrected chi connectivity index (χ2v) is 6.39. The van der Waals surface area contributed by atoms with Gasteiger partial charge >= 0.3 is 5.97 Å². The number of carboxylic acids is 1. The van der Waals surface area contributed by atoms with Crippen LogP contribution in [0.1, 0.15) is 59.3 Å². The lowest BCUT2D eigenvalue weighted by atomic mass is 9.94. The van der Waals surface area contributed by atoms with Crippen LogP contribution in [-0.2, 0) is 0 Å². The smallest absolute Gasteiger partial charge is 0.335 e. The van der Waals surface area contributed by atoms with E-state index < -0.39 is 5.97 Å². The van der Waals surface area contributed by atoms with Gasteiger partial charge in [0.15, 0.2) is 0 Å². The van der Waals surface area contributed by atoms with Gasteiger partial charge in [0.2, 0.25) is 0 Å². The van der Waals surface area contributed by atoms with Gasteiger partial charge in [0.05, 0.1) is 23.8 Å². The quantitative estimate of drug-likeness (QED) is 0.569. The number of carbonyl (C=O) groups is 1. The zero-order chi connectivity index (χ0) is 19.3. The van der Waals surface area contributed by atoms with Gasteiger partial charge in [0, 0.05) is 0 Å². The molecular formula is C22H23NO3. The maximum atomic E-state index is 11.0. The van der Waals surface area contributed by atoms with Crippen molar-refractivity contribution >= 4 is 17.6 Å². The van der Waals surface area contributed by atoms with E-state index in [-0.39, 0.29) is 5.56 Å². The zero-order valence-electron chi connectivity index (χ0n) is 15.5. The molecule has 0 amide bonds. The number of ether oxygens (including phenoxy) is 1. The Morgan fingerprint density at radius 3 is 2.35 bits per heavy atom. The van der Waals surface area contributed by atoms with E-state index >= 15 is 0 Å². The molecule has 4 heteroatoms. The van der Waals surface area contributed by atoms with E-state index in [2.05, 4.69) is 26.0 Å². The first kappa shape index (κ1) is 19.3. The summed E-state index contributed by atoms with van der Waals surface area (Å²) in [6.45, 7) is 8.77. The minimum absolute atomic E-state index is 0.199. The zero-order valence-corrected chi connectivity index (χ0v) is 15.5. The van der Waals surface area contributed by atoms with Gasteiger partial charge in [-0.1, -0.05) is 26.0 Å². The van der Waals surface area contributed by atoms with Gasteiger partial charge in [-0.15, -0.1) is 0 Å². The van der Waals surface area contributed by atoms with Crippen molar-refractivity contribution < 1.29 is 14.6 Å². The molecule has 2 aromatic rings. The molecule has 26 heavy (non-hydrogen) atoms. The van der Waals surface area contributed by atoms with Gasteiger partial charge in [-0.05, 0) is 72.4 Å². The number of nitrogens with zero attached hydrogens (tertiary/aromatic N) is 1. The molecule has 0 fully saturated rings. The Morgan fingerprint density at radius 1 is 1.23 bits per heavy atom. The fourth-order valence-electron chi connectivity index (χ4n) is 2.73. The topological polar surface area (TPSA) is 70.3 Å². The second kappa shape index (κ2) is 8.35. The van der Waals surface area contributed by atoms with Crippen LogP contribution in [0.2, 0.25) is 0 Å². The van der Waals surface area contributed by atoms with Crippen LogP contribution < -0.4 is 4.74 Å². The van der Waals surface area contributed by atoms with Gasteiger partial charge in [0.1, 0.15) is 5.75 Å². The van der Waals surface area contributed by atoms with Crippen molar-refractivity contribution in [1.82, 2.24) is 0 Å². The summed E-state index contributed by atoms with van der Waals surface area (Å²) in [5.41, 5.74) is 4.46.